The minimum Gasteiger partial charge on any atom is -0.485 e. The van der Waals surface area contributed by atoms with E-state index in [1.807, 2.05) is 60.7 Å². The van der Waals surface area contributed by atoms with Crippen molar-refractivity contribution in [3.8, 4) is 0 Å². The second-order valence-electron chi connectivity index (χ2n) is 9.71. The van der Waals surface area contributed by atoms with E-state index in [-0.39, 0.29) is 36.4 Å². The van der Waals surface area contributed by atoms with Gasteiger partial charge in [-0.1, -0.05) is 81.4 Å². The summed E-state index contributed by atoms with van der Waals surface area (Å²) in [4.78, 5) is 12.7. The van der Waals surface area contributed by atoms with Gasteiger partial charge in [-0.15, -0.1) is 0 Å². The van der Waals surface area contributed by atoms with Crippen molar-refractivity contribution >= 4 is 14.3 Å². The third-order valence-corrected chi connectivity index (χ3v) is 10.6. The normalized spacial score (nSPS) is 17.6. The number of aliphatic hydroxyl groups excluding tert-OH is 1. The zero-order chi connectivity index (χ0) is 24.1. The summed E-state index contributed by atoms with van der Waals surface area (Å²) in [5, 5.41) is 10.9. The minimum absolute atomic E-state index is 0.00818. The summed E-state index contributed by atoms with van der Waals surface area (Å²) < 4.78 is 23.5. The molecule has 2 aromatic carbocycles. The molecule has 1 heterocycles. The van der Waals surface area contributed by atoms with E-state index in [2.05, 4.69) is 33.9 Å². The van der Waals surface area contributed by atoms with Gasteiger partial charge in [-0.25, -0.2) is 4.79 Å². The van der Waals surface area contributed by atoms with Crippen LogP contribution in [0.4, 0.5) is 0 Å². The molecule has 33 heavy (non-hydrogen) atoms. The molecule has 1 aliphatic rings. The number of ether oxygens (including phenoxy) is 3. The van der Waals surface area contributed by atoms with Crippen molar-refractivity contribution in [3.05, 3.63) is 83.3 Å². The van der Waals surface area contributed by atoms with Crippen LogP contribution >= 0.6 is 0 Å². The highest BCUT2D eigenvalue weighted by Crippen LogP contribution is 2.37. The zero-order valence-electron chi connectivity index (χ0n) is 20.0. The maximum atomic E-state index is 12.7. The Morgan fingerprint density at radius 1 is 0.939 bits per heavy atom. The molecule has 0 unspecified atom stereocenters. The number of rotatable bonds is 10. The Balaban J connectivity index is 1.78. The minimum atomic E-state index is -2.09. The SMILES string of the molecule is CC(C)(C)[Si](C)(C)OC[C@H](O)[C@H]1OC(=O)C(OCc2ccccc2)=C1OCc1ccccc1. The van der Waals surface area contributed by atoms with Crippen LogP contribution in [0, 0.1) is 0 Å². The molecule has 1 N–H and O–H groups in total. The second kappa shape index (κ2) is 10.5. The van der Waals surface area contributed by atoms with Crippen molar-refractivity contribution in [1.82, 2.24) is 0 Å². The van der Waals surface area contributed by atoms with E-state index < -0.39 is 26.5 Å². The molecule has 0 saturated carbocycles. The predicted molar refractivity (Wildman–Crippen MR) is 129 cm³/mol. The van der Waals surface area contributed by atoms with Crippen molar-refractivity contribution in [3.63, 3.8) is 0 Å². The first-order valence-electron chi connectivity index (χ1n) is 11.2. The first kappa shape index (κ1) is 25.0. The highest BCUT2D eigenvalue weighted by molar-refractivity contribution is 6.74. The zero-order valence-corrected chi connectivity index (χ0v) is 21.0. The third kappa shape index (κ3) is 6.47. The van der Waals surface area contributed by atoms with Crippen LogP contribution in [0.3, 0.4) is 0 Å². The number of cyclic esters (lactones) is 1. The summed E-state index contributed by atoms with van der Waals surface area (Å²) in [6, 6.07) is 19.1. The second-order valence-corrected chi connectivity index (χ2v) is 14.5. The van der Waals surface area contributed by atoms with Crippen molar-refractivity contribution in [2.45, 2.75) is 64.3 Å². The average molecular weight is 471 g/mol. The van der Waals surface area contributed by atoms with E-state index in [0.29, 0.717) is 0 Å². The standard InChI is InChI=1S/C26H34O6Si/c1-26(2,3)33(4,5)31-18-21(27)22-23(29-16-19-12-8-6-9-13-19)24(25(28)32-22)30-17-20-14-10-7-11-15-20/h6-15,21-22,27H,16-18H2,1-5H3/t21-,22+/m0/s1. The average Bonchev–Trinajstić information content (AvgIpc) is 3.10. The van der Waals surface area contributed by atoms with Gasteiger partial charge in [0.2, 0.25) is 5.76 Å². The van der Waals surface area contributed by atoms with Crippen LogP contribution in [0.1, 0.15) is 31.9 Å². The predicted octanol–water partition coefficient (Wildman–Crippen LogP) is 4.94. The lowest BCUT2D eigenvalue weighted by Crippen LogP contribution is -2.44. The van der Waals surface area contributed by atoms with Crippen LogP contribution in [0.25, 0.3) is 0 Å². The molecule has 0 amide bonds. The van der Waals surface area contributed by atoms with E-state index >= 15 is 0 Å². The van der Waals surface area contributed by atoms with Gasteiger partial charge in [0, 0.05) is 0 Å². The molecule has 0 saturated heterocycles. The Morgan fingerprint density at radius 3 is 1.97 bits per heavy atom. The van der Waals surface area contributed by atoms with E-state index in [0.717, 1.165) is 11.1 Å². The number of benzene rings is 2. The highest BCUT2D eigenvalue weighted by atomic mass is 28.4. The lowest BCUT2D eigenvalue weighted by molar-refractivity contribution is -0.148. The number of aliphatic hydroxyl groups is 1. The number of esters is 1. The van der Waals surface area contributed by atoms with Crippen molar-refractivity contribution in [2.75, 3.05) is 6.61 Å². The van der Waals surface area contributed by atoms with Crippen LogP contribution in [0.2, 0.25) is 18.1 Å². The Hall–Kier alpha value is -2.61. The van der Waals surface area contributed by atoms with E-state index in [1.165, 1.54) is 0 Å². The largest absolute Gasteiger partial charge is 0.485 e. The molecule has 3 rings (SSSR count). The Labute approximate surface area is 197 Å². The summed E-state index contributed by atoms with van der Waals surface area (Å²) in [6.45, 7) is 11.1. The fraction of sp³-hybridized carbons (Fsp3) is 0.423. The lowest BCUT2D eigenvalue weighted by Gasteiger charge is -2.37. The summed E-state index contributed by atoms with van der Waals surface area (Å²) in [7, 11) is -2.09. The van der Waals surface area contributed by atoms with Crippen LogP contribution < -0.4 is 0 Å². The monoisotopic (exact) mass is 470 g/mol. The molecule has 0 aromatic heterocycles. The van der Waals surface area contributed by atoms with Gasteiger partial charge in [0.1, 0.15) is 19.3 Å². The Kier molecular flexibility index (Phi) is 7.99. The van der Waals surface area contributed by atoms with Gasteiger partial charge in [0.15, 0.2) is 20.2 Å². The van der Waals surface area contributed by atoms with Crippen molar-refractivity contribution < 1.29 is 28.5 Å². The molecule has 0 bridgehead atoms. The van der Waals surface area contributed by atoms with Gasteiger partial charge in [-0.05, 0) is 29.3 Å². The smallest absolute Gasteiger partial charge is 0.378 e. The number of hydrogen-bond acceptors (Lipinski definition) is 6. The summed E-state index contributed by atoms with van der Waals surface area (Å²) in [6.07, 6.45) is -2.07. The molecular weight excluding hydrogens is 436 g/mol. The molecule has 1 aliphatic heterocycles. The summed E-state index contributed by atoms with van der Waals surface area (Å²) in [5.41, 5.74) is 1.84. The quantitative estimate of drug-likeness (QED) is 0.392. The van der Waals surface area contributed by atoms with Gasteiger partial charge in [-0.2, -0.15) is 0 Å². The maximum Gasteiger partial charge on any atom is 0.378 e. The van der Waals surface area contributed by atoms with Crippen LogP contribution in [-0.4, -0.2) is 38.2 Å². The molecule has 178 valence electrons. The maximum absolute atomic E-state index is 12.7. The van der Waals surface area contributed by atoms with E-state index in [4.69, 9.17) is 18.6 Å². The fourth-order valence-electron chi connectivity index (χ4n) is 3.05. The van der Waals surface area contributed by atoms with Gasteiger partial charge >= 0.3 is 5.97 Å². The highest BCUT2D eigenvalue weighted by Gasteiger charge is 2.44. The first-order chi connectivity index (χ1) is 15.6. The van der Waals surface area contributed by atoms with Crippen LogP contribution in [0.15, 0.2) is 72.2 Å². The van der Waals surface area contributed by atoms with E-state index in [1.54, 1.807) is 0 Å². The van der Waals surface area contributed by atoms with Gasteiger partial charge in [-0.3, -0.25) is 0 Å². The first-order valence-corrected chi connectivity index (χ1v) is 14.1. The lowest BCUT2D eigenvalue weighted by atomic mass is 10.1. The molecule has 0 radical (unpaired) electrons. The summed E-state index contributed by atoms with van der Waals surface area (Å²) >= 11 is 0. The molecule has 0 fully saturated rings. The molecule has 0 aliphatic carbocycles. The van der Waals surface area contributed by atoms with Crippen molar-refractivity contribution in [2.24, 2.45) is 0 Å². The fourth-order valence-corrected chi connectivity index (χ4v) is 4.07. The molecule has 7 heteroatoms. The number of carbonyl (C=O) groups is 1. The van der Waals surface area contributed by atoms with Gasteiger partial charge in [0.05, 0.1) is 6.61 Å². The van der Waals surface area contributed by atoms with Crippen LogP contribution in [0.5, 0.6) is 0 Å². The molecule has 6 nitrogen and oxygen atoms in total. The molecular formula is C26H34O6Si. The Bertz CT molecular complexity index is 950. The molecule has 2 aromatic rings. The topological polar surface area (TPSA) is 74.2 Å². The van der Waals surface area contributed by atoms with Crippen molar-refractivity contribution in [1.29, 1.82) is 0 Å². The molecule has 2 atom stereocenters. The third-order valence-electron chi connectivity index (χ3n) is 6.14. The van der Waals surface area contributed by atoms with Gasteiger partial charge < -0.3 is 23.7 Å². The molecule has 0 spiro atoms. The van der Waals surface area contributed by atoms with Crippen LogP contribution in [-0.2, 0) is 36.6 Å². The summed E-state index contributed by atoms with van der Waals surface area (Å²) in [5.74, 6) is -0.456. The van der Waals surface area contributed by atoms with E-state index in [9.17, 15) is 9.90 Å². The van der Waals surface area contributed by atoms with Gasteiger partial charge in [0.25, 0.3) is 0 Å². The number of hydrogen-bond donors (Lipinski definition) is 1. The Morgan fingerprint density at radius 2 is 1.45 bits per heavy atom. The number of carbonyl (C=O) groups excluding carboxylic acids is 1.